The van der Waals surface area contributed by atoms with Crippen molar-refractivity contribution in [3.05, 3.63) is 23.8 Å². The van der Waals surface area contributed by atoms with Crippen molar-refractivity contribution < 1.29 is 14.6 Å². The molecule has 1 aliphatic rings. The minimum absolute atomic E-state index is 0.726. The molecule has 4 nitrogen and oxygen atoms in total. The molecular formula is C16H25NO3. The van der Waals surface area contributed by atoms with Gasteiger partial charge in [-0.2, -0.15) is 0 Å². The zero-order valence-corrected chi connectivity index (χ0v) is 12.7. The van der Waals surface area contributed by atoms with E-state index in [1.807, 2.05) is 18.2 Å². The molecular weight excluding hydrogens is 254 g/mol. The molecule has 112 valence electrons. The van der Waals surface area contributed by atoms with Gasteiger partial charge in [-0.3, -0.25) is 0 Å². The van der Waals surface area contributed by atoms with Crippen LogP contribution >= 0.6 is 0 Å². The summed E-state index contributed by atoms with van der Waals surface area (Å²) in [6, 6.07) is 5.68. The molecule has 1 aliphatic heterocycles. The number of ether oxygens (including phenoxy) is 2. The van der Waals surface area contributed by atoms with Gasteiger partial charge in [-0.05, 0) is 50.0 Å². The van der Waals surface area contributed by atoms with E-state index in [4.69, 9.17) is 9.47 Å². The molecule has 0 aromatic heterocycles. The summed E-state index contributed by atoms with van der Waals surface area (Å²) in [6.45, 7) is 5.18. The number of methoxy groups -OCH3 is 2. The molecule has 0 bridgehead atoms. The van der Waals surface area contributed by atoms with Crippen molar-refractivity contribution in [1.29, 1.82) is 0 Å². The lowest BCUT2D eigenvalue weighted by Crippen LogP contribution is -2.29. The predicted octanol–water partition coefficient (Wildman–Crippen LogP) is 2.40. The van der Waals surface area contributed by atoms with Crippen molar-refractivity contribution in [2.75, 3.05) is 33.9 Å². The highest BCUT2D eigenvalue weighted by atomic mass is 16.5. The molecule has 1 unspecified atom stereocenters. The van der Waals surface area contributed by atoms with E-state index in [1.165, 1.54) is 0 Å². The van der Waals surface area contributed by atoms with E-state index in [9.17, 15) is 5.11 Å². The molecule has 20 heavy (non-hydrogen) atoms. The molecule has 1 N–H and O–H groups in total. The highest BCUT2D eigenvalue weighted by Gasteiger charge is 2.32. The van der Waals surface area contributed by atoms with E-state index in [-0.39, 0.29) is 0 Å². The van der Waals surface area contributed by atoms with Crippen LogP contribution < -0.4 is 9.47 Å². The third-order valence-electron chi connectivity index (χ3n) is 4.24. The standard InChI is InChI=1S/C16H25NO3/c1-4-17-8-5-6-16(18,7-9-17)13-10-14(19-2)12-15(11-13)20-3/h10-12,18H,4-9H2,1-3H3. The second kappa shape index (κ2) is 6.46. The van der Waals surface area contributed by atoms with Crippen molar-refractivity contribution in [3.63, 3.8) is 0 Å². The molecule has 0 amide bonds. The third-order valence-corrected chi connectivity index (χ3v) is 4.24. The normalized spacial score (nSPS) is 24.2. The molecule has 4 heteroatoms. The predicted molar refractivity (Wildman–Crippen MR) is 79.4 cm³/mol. The average Bonchev–Trinajstić information content (AvgIpc) is 2.69. The SMILES string of the molecule is CCN1CCCC(O)(c2cc(OC)cc(OC)c2)CC1. The van der Waals surface area contributed by atoms with Gasteiger partial charge in [0.2, 0.25) is 0 Å². The molecule has 0 spiro atoms. The van der Waals surface area contributed by atoms with Gasteiger partial charge in [0.05, 0.1) is 19.8 Å². The van der Waals surface area contributed by atoms with Crippen LogP contribution in [0.5, 0.6) is 11.5 Å². The zero-order chi connectivity index (χ0) is 14.6. The van der Waals surface area contributed by atoms with Gasteiger partial charge in [0, 0.05) is 12.6 Å². The highest BCUT2D eigenvalue weighted by Crippen LogP contribution is 2.36. The minimum Gasteiger partial charge on any atom is -0.497 e. The number of hydrogen-bond acceptors (Lipinski definition) is 4. The maximum atomic E-state index is 11.0. The van der Waals surface area contributed by atoms with Crippen LogP contribution in [0.1, 0.15) is 31.7 Å². The molecule has 0 radical (unpaired) electrons. The Bertz CT molecular complexity index is 427. The van der Waals surface area contributed by atoms with Crippen molar-refractivity contribution in [2.45, 2.75) is 31.8 Å². The number of likely N-dealkylation sites (tertiary alicyclic amines) is 1. The third kappa shape index (κ3) is 3.25. The number of hydrogen-bond donors (Lipinski definition) is 1. The molecule has 1 fully saturated rings. The summed E-state index contributed by atoms with van der Waals surface area (Å²) < 4.78 is 10.6. The first-order valence-corrected chi connectivity index (χ1v) is 7.29. The molecule has 1 atom stereocenters. The van der Waals surface area contributed by atoms with Crippen molar-refractivity contribution in [1.82, 2.24) is 4.90 Å². The highest BCUT2D eigenvalue weighted by molar-refractivity contribution is 5.41. The second-order valence-electron chi connectivity index (χ2n) is 5.42. The molecule has 1 aromatic carbocycles. The lowest BCUT2D eigenvalue weighted by atomic mass is 9.86. The van der Waals surface area contributed by atoms with E-state index in [0.29, 0.717) is 0 Å². The quantitative estimate of drug-likeness (QED) is 0.919. The van der Waals surface area contributed by atoms with Gasteiger partial charge in [0.1, 0.15) is 11.5 Å². The molecule has 0 saturated carbocycles. The van der Waals surface area contributed by atoms with Gasteiger partial charge < -0.3 is 19.5 Å². The summed E-state index contributed by atoms with van der Waals surface area (Å²) in [5.74, 6) is 1.45. The lowest BCUT2D eigenvalue weighted by molar-refractivity contribution is 0.0210. The Morgan fingerprint density at radius 1 is 1.10 bits per heavy atom. The van der Waals surface area contributed by atoms with Gasteiger partial charge in [0.25, 0.3) is 0 Å². The first-order chi connectivity index (χ1) is 9.61. The Morgan fingerprint density at radius 3 is 2.30 bits per heavy atom. The summed E-state index contributed by atoms with van der Waals surface area (Å²) in [5.41, 5.74) is 0.109. The first-order valence-electron chi connectivity index (χ1n) is 7.29. The smallest absolute Gasteiger partial charge is 0.122 e. The summed E-state index contributed by atoms with van der Waals surface area (Å²) in [5, 5.41) is 11.0. The largest absolute Gasteiger partial charge is 0.497 e. The molecule has 1 heterocycles. The Labute approximate surface area is 121 Å². The van der Waals surface area contributed by atoms with Crippen LogP contribution in [0.15, 0.2) is 18.2 Å². The van der Waals surface area contributed by atoms with Crippen LogP contribution in [0.2, 0.25) is 0 Å². The van der Waals surface area contributed by atoms with Gasteiger partial charge in [-0.15, -0.1) is 0 Å². The summed E-state index contributed by atoms with van der Waals surface area (Å²) in [7, 11) is 3.27. The van der Waals surface area contributed by atoms with E-state index < -0.39 is 5.60 Å². The van der Waals surface area contributed by atoms with Crippen LogP contribution in [0, 0.1) is 0 Å². The molecule has 0 aliphatic carbocycles. The summed E-state index contributed by atoms with van der Waals surface area (Å²) in [4.78, 5) is 2.38. The number of aliphatic hydroxyl groups is 1. The summed E-state index contributed by atoms with van der Waals surface area (Å²) in [6.07, 6.45) is 2.53. The Morgan fingerprint density at radius 2 is 1.75 bits per heavy atom. The number of rotatable bonds is 4. The average molecular weight is 279 g/mol. The maximum absolute atomic E-state index is 11.0. The van der Waals surface area contributed by atoms with E-state index in [2.05, 4.69) is 11.8 Å². The van der Waals surface area contributed by atoms with Crippen LogP contribution in [0.25, 0.3) is 0 Å². The van der Waals surface area contributed by atoms with Crippen molar-refractivity contribution in [2.24, 2.45) is 0 Å². The van der Waals surface area contributed by atoms with Crippen molar-refractivity contribution in [3.8, 4) is 11.5 Å². The van der Waals surface area contributed by atoms with Gasteiger partial charge >= 0.3 is 0 Å². The molecule has 1 aromatic rings. The second-order valence-corrected chi connectivity index (χ2v) is 5.42. The fraction of sp³-hybridized carbons (Fsp3) is 0.625. The van der Waals surface area contributed by atoms with Crippen LogP contribution in [-0.2, 0) is 5.60 Å². The first kappa shape index (κ1) is 15.1. The molecule has 1 saturated heterocycles. The molecule has 2 rings (SSSR count). The fourth-order valence-corrected chi connectivity index (χ4v) is 2.86. The van der Waals surface area contributed by atoms with E-state index in [1.54, 1.807) is 14.2 Å². The van der Waals surface area contributed by atoms with Gasteiger partial charge in [-0.25, -0.2) is 0 Å². The Hall–Kier alpha value is -1.26. The van der Waals surface area contributed by atoms with Crippen LogP contribution in [-0.4, -0.2) is 43.9 Å². The Kier molecular flexibility index (Phi) is 4.89. The topological polar surface area (TPSA) is 41.9 Å². The zero-order valence-electron chi connectivity index (χ0n) is 12.7. The lowest BCUT2D eigenvalue weighted by Gasteiger charge is -2.28. The van der Waals surface area contributed by atoms with Gasteiger partial charge in [0.15, 0.2) is 0 Å². The number of benzene rings is 1. The van der Waals surface area contributed by atoms with Gasteiger partial charge in [-0.1, -0.05) is 6.92 Å². The monoisotopic (exact) mass is 279 g/mol. The Balaban J connectivity index is 2.28. The summed E-state index contributed by atoms with van der Waals surface area (Å²) >= 11 is 0. The van der Waals surface area contributed by atoms with Crippen molar-refractivity contribution >= 4 is 0 Å². The van der Waals surface area contributed by atoms with Crippen LogP contribution in [0.3, 0.4) is 0 Å². The van der Waals surface area contributed by atoms with Crippen LogP contribution in [0.4, 0.5) is 0 Å². The minimum atomic E-state index is -0.786. The number of nitrogens with zero attached hydrogens (tertiary/aromatic N) is 1. The van der Waals surface area contributed by atoms with E-state index >= 15 is 0 Å². The fourth-order valence-electron chi connectivity index (χ4n) is 2.86. The van der Waals surface area contributed by atoms with E-state index in [0.717, 1.165) is 56.0 Å². The maximum Gasteiger partial charge on any atom is 0.122 e.